The molecule has 0 aliphatic rings. The first-order valence-corrected chi connectivity index (χ1v) is 6.19. The summed E-state index contributed by atoms with van der Waals surface area (Å²) >= 11 is 1.44. The minimum absolute atomic E-state index is 0.326. The number of nitrogens with zero attached hydrogens (tertiary/aromatic N) is 3. The van der Waals surface area contributed by atoms with Gasteiger partial charge in [0.2, 0.25) is 0 Å². The van der Waals surface area contributed by atoms with Gasteiger partial charge < -0.3 is 0 Å². The van der Waals surface area contributed by atoms with E-state index in [1.165, 1.54) is 18.4 Å². The van der Waals surface area contributed by atoms with Crippen LogP contribution in [0, 0.1) is 0 Å². The van der Waals surface area contributed by atoms with Gasteiger partial charge in [0.1, 0.15) is 0 Å². The maximum absolute atomic E-state index is 12.7. The molecule has 0 atom stereocenters. The molecule has 2 aromatic rings. The summed E-state index contributed by atoms with van der Waals surface area (Å²) in [5.41, 5.74) is 0.713. The van der Waals surface area contributed by atoms with E-state index in [0.717, 1.165) is 4.57 Å². The van der Waals surface area contributed by atoms with Gasteiger partial charge in [-0.05, 0) is 11.4 Å². The Morgan fingerprint density at radius 3 is 2.67 bits per heavy atom. The molecule has 0 radical (unpaired) electrons. The van der Waals surface area contributed by atoms with E-state index in [1.54, 1.807) is 11.4 Å². The molecule has 0 fully saturated rings. The molecule has 5 nitrogen and oxygen atoms in total. The molecule has 15 heavy (non-hydrogen) atoms. The quantitative estimate of drug-likeness (QED) is 0.748. The summed E-state index contributed by atoms with van der Waals surface area (Å²) < 4.78 is 35.1. The van der Waals surface area contributed by atoms with Crippen LogP contribution in [0.2, 0.25) is 0 Å². The largest absolute Gasteiger partial charge is 0.368 e. The smallest absolute Gasteiger partial charge is 0.299 e. The molecule has 2 heterocycles. The average Bonchev–Trinajstić information content (AvgIpc) is 2.69. The molecule has 0 saturated heterocycles. The fourth-order valence-electron chi connectivity index (χ4n) is 1.17. The monoisotopic (exact) mass is 247 g/mol. The van der Waals surface area contributed by atoms with Crippen molar-refractivity contribution in [3.8, 4) is 11.4 Å². The molecule has 0 aliphatic carbocycles. The topological polar surface area (TPSA) is 64.8 Å². The molecular formula is C7H6FN3O2S2. The Hall–Kier alpha value is -1.28. The van der Waals surface area contributed by atoms with Gasteiger partial charge in [0.15, 0.2) is 5.82 Å². The van der Waals surface area contributed by atoms with Crippen LogP contribution in [0.1, 0.15) is 0 Å². The van der Waals surface area contributed by atoms with Gasteiger partial charge in [0, 0.05) is 18.0 Å². The number of hydrogen-bond donors (Lipinski definition) is 0. The molecule has 0 spiro atoms. The van der Waals surface area contributed by atoms with E-state index in [0.29, 0.717) is 11.4 Å². The van der Waals surface area contributed by atoms with Crippen LogP contribution in [0.4, 0.5) is 3.89 Å². The molecule has 0 bridgehead atoms. The summed E-state index contributed by atoms with van der Waals surface area (Å²) in [6, 6.07) is 1.75. The molecule has 2 rings (SSSR count). The van der Waals surface area contributed by atoms with Crippen molar-refractivity contribution in [1.82, 2.24) is 14.8 Å². The molecule has 2 aromatic heterocycles. The molecule has 80 valence electrons. The van der Waals surface area contributed by atoms with Crippen molar-refractivity contribution in [2.45, 2.75) is 5.16 Å². The van der Waals surface area contributed by atoms with Crippen molar-refractivity contribution >= 4 is 21.6 Å². The molecule has 0 aliphatic heterocycles. The van der Waals surface area contributed by atoms with E-state index in [-0.39, 0.29) is 0 Å². The fourth-order valence-corrected chi connectivity index (χ4v) is 2.36. The van der Waals surface area contributed by atoms with Gasteiger partial charge in [0.05, 0.1) is 0 Å². The number of hydrogen-bond acceptors (Lipinski definition) is 5. The number of halogens is 1. The lowest BCUT2D eigenvalue weighted by molar-refractivity contribution is 0.534. The van der Waals surface area contributed by atoms with E-state index >= 15 is 0 Å². The molecular weight excluding hydrogens is 241 g/mol. The third kappa shape index (κ3) is 1.77. The summed E-state index contributed by atoms with van der Waals surface area (Å²) in [6.07, 6.45) is 0. The van der Waals surface area contributed by atoms with Crippen LogP contribution >= 0.6 is 11.3 Å². The Balaban J connectivity index is 2.60. The second-order valence-electron chi connectivity index (χ2n) is 2.82. The summed E-state index contributed by atoms with van der Waals surface area (Å²) in [6.45, 7) is 0. The van der Waals surface area contributed by atoms with Crippen LogP contribution in [-0.4, -0.2) is 23.2 Å². The zero-order chi connectivity index (χ0) is 11.1. The first kappa shape index (κ1) is 10.2. The minimum atomic E-state index is -4.81. The summed E-state index contributed by atoms with van der Waals surface area (Å²) in [7, 11) is -3.41. The standard InChI is InChI=1S/C7H6FN3O2S2/c1-11-6(5-2-3-14-4-5)9-10-7(11)15(8,12)13/h2-4H,1H3. The SMILES string of the molecule is Cn1c(-c2ccsc2)nnc1S(=O)(=O)F. The van der Waals surface area contributed by atoms with E-state index < -0.39 is 15.4 Å². The van der Waals surface area contributed by atoms with Crippen LogP contribution in [0.25, 0.3) is 11.4 Å². The molecule has 0 aromatic carbocycles. The highest BCUT2D eigenvalue weighted by Crippen LogP contribution is 2.21. The van der Waals surface area contributed by atoms with Gasteiger partial charge in [0.25, 0.3) is 5.16 Å². The second-order valence-corrected chi connectivity index (χ2v) is 4.84. The first-order chi connectivity index (χ1) is 7.00. The van der Waals surface area contributed by atoms with Crippen molar-refractivity contribution < 1.29 is 12.3 Å². The van der Waals surface area contributed by atoms with E-state index in [1.807, 2.05) is 5.38 Å². The average molecular weight is 247 g/mol. The van der Waals surface area contributed by atoms with Crippen LogP contribution < -0.4 is 0 Å². The van der Waals surface area contributed by atoms with Gasteiger partial charge in [-0.1, -0.05) is 3.89 Å². The zero-order valence-corrected chi connectivity index (χ0v) is 9.22. The predicted molar refractivity (Wildman–Crippen MR) is 52.6 cm³/mol. The highest BCUT2D eigenvalue weighted by Gasteiger charge is 2.22. The van der Waals surface area contributed by atoms with E-state index in [2.05, 4.69) is 10.2 Å². The molecule has 0 saturated carbocycles. The van der Waals surface area contributed by atoms with Crippen LogP contribution in [0.5, 0.6) is 0 Å². The van der Waals surface area contributed by atoms with Crippen LogP contribution in [-0.2, 0) is 17.3 Å². The fraction of sp³-hybridized carbons (Fsp3) is 0.143. The van der Waals surface area contributed by atoms with Crippen molar-refractivity contribution in [1.29, 1.82) is 0 Å². The Morgan fingerprint density at radius 2 is 2.20 bits per heavy atom. The maximum atomic E-state index is 12.7. The lowest BCUT2D eigenvalue weighted by atomic mass is 10.3. The lowest BCUT2D eigenvalue weighted by Gasteiger charge is -1.97. The van der Waals surface area contributed by atoms with E-state index in [9.17, 15) is 12.3 Å². The van der Waals surface area contributed by atoms with Crippen molar-refractivity contribution in [3.05, 3.63) is 16.8 Å². The van der Waals surface area contributed by atoms with Crippen molar-refractivity contribution in [2.75, 3.05) is 0 Å². The summed E-state index contributed by atoms with van der Waals surface area (Å²) in [5, 5.41) is 9.84. The Bertz CT molecular complexity index is 573. The van der Waals surface area contributed by atoms with Gasteiger partial charge in [-0.3, -0.25) is 4.57 Å². The maximum Gasteiger partial charge on any atom is 0.368 e. The van der Waals surface area contributed by atoms with Crippen molar-refractivity contribution in [2.24, 2.45) is 7.05 Å². The predicted octanol–water partition coefficient (Wildman–Crippen LogP) is 1.20. The molecule has 0 amide bonds. The number of thiophene rings is 1. The first-order valence-electron chi connectivity index (χ1n) is 3.87. The number of rotatable bonds is 2. The van der Waals surface area contributed by atoms with Crippen LogP contribution in [0.3, 0.4) is 0 Å². The Kier molecular flexibility index (Phi) is 2.31. The second kappa shape index (κ2) is 3.38. The van der Waals surface area contributed by atoms with Crippen molar-refractivity contribution in [3.63, 3.8) is 0 Å². The highest BCUT2D eigenvalue weighted by molar-refractivity contribution is 7.86. The van der Waals surface area contributed by atoms with Crippen LogP contribution in [0.15, 0.2) is 22.0 Å². The number of aromatic nitrogens is 3. The summed E-state index contributed by atoms with van der Waals surface area (Å²) in [4.78, 5) is 0. The van der Waals surface area contributed by atoms with Gasteiger partial charge >= 0.3 is 10.2 Å². The molecule has 8 heteroatoms. The molecule has 0 N–H and O–H groups in total. The van der Waals surface area contributed by atoms with E-state index in [4.69, 9.17) is 0 Å². The zero-order valence-electron chi connectivity index (χ0n) is 7.58. The lowest BCUT2D eigenvalue weighted by Crippen LogP contribution is -2.03. The minimum Gasteiger partial charge on any atom is -0.299 e. The Morgan fingerprint density at radius 1 is 1.47 bits per heavy atom. The Labute approximate surface area is 89.4 Å². The van der Waals surface area contributed by atoms with Gasteiger partial charge in [-0.25, -0.2) is 0 Å². The summed E-state index contributed by atoms with van der Waals surface area (Å²) in [5.74, 6) is 0.326. The third-order valence-corrected chi connectivity index (χ3v) is 3.31. The third-order valence-electron chi connectivity index (χ3n) is 1.83. The highest BCUT2D eigenvalue weighted by atomic mass is 32.3. The molecule has 0 unspecified atom stereocenters. The van der Waals surface area contributed by atoms with Gasteiger partial charge in [-0.15, -0.1) is 10.2 Å². The normalized spacial score (nSPS) is 11.9. The van der Waals surface area contributed by atoms with Gasteiger partial charge in [-0.2, -0.15) is 19.8 Å².